The number of hydrogen-bond donors (Lipinski definition) is 2. The molecule has 0 aliphatic rings. The van der Waals surface area contributed by atoms with Crippen LogP contribution < -0.4 is 11.1 Å². The van der Waals surface area contributed by atoms with Gasteiger partial charge < -0.3 is 15.6 Å². The van der Waals surface area contributed by atoms with Crippen LogP contribution in [0, 0.1) is 30.9 Å². The third-order valence-electron chi connectivity index (χ3n) is 3.13. The first-order chi connectivity index (χ1) is 9.81. The number of nitrogens with two attached hydrogens (primary N) is 1. The van der Waals surface area contributed by atoms with E-state index in [0.29, 0.717) is 11.5 Å². The predicted molar refractivity (Wildman–Crippen MR) is 75.9 cm³/mol. The topological polar surface area (TPSA) is 133 Å². The first-order valence-electron chi connectivity index (χ1n) is 6.29. The lowest BCUT2D eigenvalue weighted by molar-refractivity contribution is -0.385. The normalized spacial score (nSPS) is 12.2. The average Bonchev–Trinajstić information content (AvgIpc) is 2.67. The standard InChI is InChI=1S/C12H16N6O3/c1-5(9-6(2)17-21-8(9)4)14-11-10(18(19)20)7(3)15-12(13)16-11/h5H,1-4H3,(H3,13,14,15,16). The van der Waals surface area contributed by atoms with Gasteiger partial charge in [0, 0.05) is 5.56 Å². The number of anilines is 2. The Morgan fingerprint density at radius 2 is 1.95 bits per heavy atom. The summed E-state index contributed by atoms with van der Waals surface area (Å²) in [6, 6.07) is -0.274. The molecule has 3 N–H and O–H groups in total. The van der Waals surface area contributed by atoms with Crippen LogP contribution in [0.1, 0.15) is 35.7 Å². The minimum absolute atomic E-state index is 0.0217. The van der Waals surface area contributed by atoms with Gasteiger partial charge in [-0.3, -0.25) is 10.1 Å². The van der Waals surface area contributed by atoms with E-state index >= 15 is 0 Å². The van der Waals surface area contributed by atoms with Crippen LogP contribution in [0.2, 0.25) is 0 Å². The zero-order valence-corrected chi connectivity index (χ0v) is 12.2. The highest BCUT2D eigenvalue weighted by Crippen LogP contribution is 2.30. The van der Waals surface area contributed by atoms with E-state index < -0.39 is 4.92 Å². The molecule has 0 aliphatic heterocycles. The molecule has 0 saturated carbocycles. The molecule has 9 heteroatoms. The van der Waals surface area contributed by atoms with Crippen LogP contribution in [0.15, 0.2) is 4.52 Å². The molecule has 0 radical (unpaired) electrons. The highest BCUT2D eigenvalue weighted by atomic mass is 16.6. The second kappa shape index (κ2) is 5.35. The minimum Gasteiger partial charge on any atom is -0.368 e. The molecule has 9 nitrogen and oxygen atoms in total. The molecule has 0 aromatic carbocycles. The van der Waals surface area contributed by atoms with Crippen LogP contribution in [-0.4, -0.2) is 20.0 Å². The number of hydrogen-bond acceptors (Lipinski definition) is 8. The first kappa shape index (κ1) is 14.7. The molecule has 2 heterocycles. The van der Waals surface area contributed by atoms with Gasteiger partial charge in [0.1, 0.15) is 11.5 Å². The number of aryl methyl sites for hydroxylation is 3. The van der Waals surface area contributed by atoms with E-state index in [2.05, 4.69) is 20.4 Å². The smallest absolute Gasteiger partial charge is 0.332 e. The van der Waals surface area contributed by atoms with Gasteiger partial charge in [-0.25, -0.2) is 4.98 Å². The van der Waals surface area contributed by atoms with Gasteiger partial charge in [-0.05, 0) is 27.7 Å². The largest absolute Gasteiger partial charge is 0.368 e. The molecular formula is C12H16N6O3. The van der Waals surface area contributed by atoms with Crippen molar-refractivity contribution in [2.45, 2.75) is 33.7 Å². The quantitative estimate of drug-likeness (QED) is 0.646. The van der Waals surface area contributed by atoms with Crippen molar-refractivity contribution in [2.24, 2.45) is 0 Å². The lowest BCUT2D eigenvalue weighted by atomic mass is 10.1. The molecule has 1 unspecified atom stereocenters. The Labute approximate surface area is 120 Å². The Morgan fingerprint density at radius 3 is 2.48 bits per heavy atom. The summed E-state index contributed by atoms with van der Waals surface area (Å²) in [5.41, 5.74) is 7.13. The maximum atomic E-state index is 11.2. The predicted octanol–water partition coefficient (Wildman–Crippen LogP) is 2.05. The Kier molecular flexibility index (Phi) is 3.74. The van der Waals surface area contributed by atoms with Crippen molar-refractivity contribution in [3.8, 4) is 0 Å². The molecule has 0 aliphatic carbocycles. The summed E-state index contributed by atoms with van der Waals surface area (Å²) in [4.78, 5) is 18.4. The van der Waals surface area contributed by atoms with E-state index in [-0.39, 0.29) is 29.2 Å². The number of rotatable bonds is 4. The SMILES string of the molecule is Cc1noc(C)c1C(C)Nc1nc(N)nc(C)c1[N+](=O)[O-]. The fourth-order valence-corrected chi connectivity index (χ4v) is 2.29. The van der Waals surface area contributed by atoms with Gasteiger partial charge in [0.25, 0.3) is 0 Å². The Bertz CT molecular complexity index is 677. The summed E-state index contributed by atoms with van der Waals surface area (Å²) >= 11 is 0. The van der Waals surface area contributed by atoms with Crippen molar-refractivity contribution < 1.29 is 9.45 Å². The van der Waals surface area contributed by atoms with Gasteiger partial charge in [0.05, 0.1) is 16.7 Å². The zero-order chi connectivity index (χ0) is 15.7. The monoisotopic (exact) mass is 292 g/mol. The van der Waals surface area contributed by atoms with Crippen molar-refractivity contribution >= 4 is 17.5 Å². The zero-order valence-electron chi connectivity index (χ0n) is 12.2. The van der Waals surface area contributed by atoms with Gasteiger partial charge in [0.15, 0.2) is 0 Å². The summed E-state index contributed by atoms with van der Waals surface area (Å²) in [6.07, 6.45) is 0. The van der Waals surface area contributed by atoms with Crippen molar-refractivity contribution in [1.29, 1.82) is 0 Å². The third-order valence-corrected chi connectivity index (χ3v) is 3.13. The third kappa shape index (κ3) is 2.76. The van der Waals surface area contributed by atoms with Gasteiger partial charge in [-0.1, -0.05) is 5.16 Å². The Balaban J connectivity index is 2.42. The molecule has 2 rings (SSSR count). The van der Waals surface area contributed by atoms with Crippen LogP contribution in [0.4, 0.5) is 17.5 Å². The Hall–Kier alpha value is -2.71. The molecule has 2 aromatic rings. The summed E-state index contributed by atoms with van der Waals surface area (Å²) in [6.45, 7) is 6.94. The van der Waals surface area contributed by atoms with Crippen LogP contribution in [0.25, 0.3) is 0 Å². The molecule has 0 saturated heterocycles. The highest BCUT2D eigenvalue weighted by Gasteiger charge is 2.25. The van der Waals surface area contributed by atoms with E-state index in [1.165, 1.54) is 6.92 Å². The van der Waals surface area contributed by atoms with Crippen LogP contribution in [0.3, 0.4) is 0 Å². The van der Waals surface area contributed by atoms with Gasteiger partial charge >= 0.3 is 5.69 Å². The van der Waals surface area contributed by atoms with Crippen molar-refractivity contribution in [1.82, 2.24) is 15.1 Å². The van der Waals surface area contributed by atoms with Crippen molar-refractivity contribution in [2.75, 3.05) is 11.1 Å². The fourth-order valence-electron chi connectivity index (χ4n) is 2.29. The summed E-state index contributed by atoms with van der Waals surface area (Å²) < 4.78 is 5.10. The van der Waals surface area contributed by atoms with Gasteiger partial charge in [-0.2, -0.15) is 4.98 Å². The molecule has 0 fully saturated rings. The number of nitrogen functional groups attached to an aromatic ring is 1. The van der Waals surface area contributed by atoms with E-state index in [9.17, 15) is 10.1 Å². The van der Waals surface area contributed by atoms with E-state index in [4.69, 9.17) is 10.3 Å². The summed E-state index contributed by atoms with van der Waals surface area (Å²) in [5.74, 6) is 0.706. The molecule has 0 bridgehead atoms. The second-order valence-corrected chi connectivity index (χ2v) is 4.73. The van der Waals surface area contributed by atoms with Crippen molar-refractivity contribution in [3.63, 3.8) is 0 Å². The second-order valence-electron chi connectivity index (χ2n) is 4.73. The minimum atomic E-state index is -0.531. The number of nitrogens with zero attached hydrogens (tertiary/aromatic N) is 4. The molecule has 0 spiro atoms. The lowest BCUT2D eigenvalue weighted by Gasteiger charge is -2.15. The average molecular weight is 292 g/mol. The molecule has 21 heavy (non-hydrogen) atoms. The van der Waals surface area contributed by atoms with Crippen LogP contribution >= 0.6 is 0 Å². The molecule has 0 amide bonds. The maximum Gasteiger partial charge on any atom is 0.332 e. The maximum absolute atomic E-state index is 11.2. The number of nitro groups is 1. The molecule has 112 valence electrons. The van der Waals surface area contributed by atoms with E-state index in [0.717, 1.165) is 5.56 Å². The Morgan fingerprint density at radius 1 is 1.29 bits per heavy atom. The van der Waals surface area contributed by atoms with Gasteiger partial charge in [-0.15, -0.1) is 0 Å². The van der Waals surface area contributed by atoms with E-state index in [1.807, 2.05) is 6.92 Å². The van der Waals surface area contributed by atoms with Crippen LogP contribution in [-0.2, 0) is 0 Å². The lowest BCUT2D eigenvalue weighted by Crippen LogP contribution is -2.13. The number of nitrogens with one attached hydrogen (secondary N) is 1. The first-order valence-corrected chi connectivity index (χ1v) is 6.29. The van der Waals surface area contributed by atoms with E-state index in [1.54, 1.807) is 13.8 Å². The van der Waals surface area contributed by atoms with Crippen LogP contribution in [0.5, 0.6) is 0 Å². The summed E-state index contributed by atoms with van der Waals surface area (Å²) in [5, 5.41) is 18.0. The van der Waals surface area contributed by atoms with Gasteiger partial charge in [0.2, 0.25) is 11.8 Å². The summed E-state index contributed by atoms with van der Waals surface area (Å²) in [7, 11) is 0. The fraction of sp³-hybridized carbons (Fsp3) is 0.417. The highest BCUT2D eigenvalue weighted by molar-refractivity contribution is 5.61. The van der Waals surface area contributed by atoms with Crippen molar-refractivity contribution in [3.05, 3.63) is 32.8 Å². The molecule has 1 atom stereocenters. The molecule has 2 aromatic heterocycles. The number of aromatic nitrogens is 3. The molecular weight excluding hydrogens is 276 g/mol.